The van der Waals surface area contributed by atoms with E-state index in [9.17, 15) is 14.4 Å². The van der Waals surface area contributed by atoms with Crippen LogP contribution in [0.25, 0.3) is 0 Å². The molecule has 0 aliphatic rings. The van der Waals surface area contributed by atoms with E-state index in [0.717, 1.165) is 0 Å². The Morgan fingerprint density at radius 2 is 1.91 bits per heavy atom. The van der Waals surface area contributed by atoms with Gasteiger partial charge in [-0.1, -0.05) is 11.6 Å². The maximum Gasteiger partial charge on any atom is 0.332 e. The molecule has 1 atom stereocenters. The van der Waals surface area contributed by atoms with Crippen LogP contribution in [0.1, 0.15) is 6.42 Å². The van der Waals surface area contributed by atoms with E-state index < -0.39 is 23.2 Å². The van der Waals surface area contributed by atoms with Gasteiger partial charge in [0.05, 0.1) is 6.42 Å². The van der Waals surface area contributed by atoms with Crippen LogP contribution in [-0.2, 0) is 14.4 Å². The van der Waals surface area contributed by atoms with Crippen LogP contribution in [0.3, 0.4) is 0 Å². The van der Waals surface area contributed by atoms with E-state index in [2.05, 4.69) is 0 Å². The summed E-state index contributed by atoms with van der Waals surface area (Å²) in [5, 5.41) is 16.4. The van der Waals surface area contributed by atoms with Crippen LogP contribution in [0.15, 0.2) is 0 Å². The number of carboxylic acids is 2. The molecule has 0 aromatic rings. The van der Waals surface area contributed by atoms with Crippen molar-refractivity contribution < 1.29 is 24.6 Å². The van der Waals surface area contributed by atoms with Gasteiger partial charge in [0.1, 0.15) is 0 Å². The smallest absolute Gasteiger partial charge is 0.332 e. The van der Waals surface area contributed by atoms with Crippen LogP contribution in [0.4, 0.5) is 0 Å². The van der Waals surface area contributed by atoms with Crippen molar-refractivity contribution in [2.24, 2.45) is 0 Å². The zero-order valence-electron chi connectivity index (χ0n) is 5.28. The van der Waals surface area contributed by atoms with Gasteiger partial charge in [-0.25, -0.2) is 4.79 Å². The van der Waals surface area contributed by atoms with Crippen LogP contribution in [-0.4, -0.2) is 33.3 Å². The molecular weight excluding hydrogens is 176 g/mol. The number of halogens is 1. The number of aldehydes is 1. The van der Waals surface area contributed by atoms with Crippen molar-refractivity contribution in [2.75, 3.05) is 0 Å². The lowest BCUT2D eigenvalue weighted by molar-refractivity contribution is -0.148. The fourth-order valence-electron chi connectivity index (χ4n) is 0.388. The minimum atomic E-state index is -2.33. The second kappa shape index (κ2) is 3.34. The van der Waals surface area contributed by atoms with Gasteiger partial charge >= 0.3 is 11.9 Å². The van der Waals surface area contributed by atoms with Gasteiger partial charge in [-0.2, -0.15) is 0 Å². The van der Waals surface area contributed by atoms with Crippen molar-refractivity contribution in [2.45, 2.75) is 11.3 Å². The Labute approximate surface area is 66.6 Å². The topological polar surface area (TPSA) is 91.7 Å². The highest BCUT2D eigenvalue weighted by atomic mass is 35.5. The summed E-state index contributed by atoms with van der Waals surface area (Å²) in [6.07, 6.45) is -1.03. The first-order valence-electron chi connectivity index (χ1n) is 2.53. The van der Waals surface area contributed by atoms with Crippen molar-refractivity contribution >= 4 is 29.8 Å². The molecule has 0 amide bonds. The molecule has 0 aliphatic carbocycles. The van der Waals surface area contributed by atoms with Crippen molar-refractivity contribution in [1.29, 1.82) is 0 Å². The molecule has 0 saturated heterocycles. The summed E-state index contributed by atoms with van der Waals surface area (Å²) in [4.78, 5) is 27.8. The van der Waals surface area contributed by atoms with Crippen molar-refractivity contribution in [1.82, 2.24) is 0 Å². The third-order valence-corrected chi connectivity index (χ3v) is 1.34. The molecule has 1 unspecified atom stereocenters. The monoisotopic (exact) mass is 180 g/mol. The first-order chi connectivity index (χ1) is 4.92. The lowest BCUT2D eigenvalue weighted by Crippen LogP contribution is -2.36. The molecule has 0 aromatic carbocycles. The number of carboxylic acid groups (broad SMARTS) is 2. The summed E-state index contributed by atoms with van der Waals surface area (Å²) in [6.45, 7) is 0. The SMILES string of the molecule is O=CC(Cl)(CC(=O)O)C(=O)O. The maximum absolute atomic E-state index is 10.2. The molecule has 5 nitrogen and oxygen atoms in total. The molecule has 0 rings (SSSR count). The summed E-state index contributed by atoms with van der Waals surface area (Å²) in [5.74, 6) is -3.09. The fraction of sp³-hybridized carbons (Fsp3) is 0.400. The maximum atomic E-state index is 10.2. The molecule has 0 spiro atoms. The number of carbonyl (C=O) groups is 3. The minimum absolute atomic E-state index is 0.106. The van der Waals surface area contributed by atoms with Crippen LogP contribution in [0, 0.1) is 0 Å². The Kier molecular flexibility index (Phi) is 3.00. The van der Waals surface area contributed by atoms with Gasteiger partial charge in [0, 0.05) is 0 Å². The predicted molar refractivity (Wildman–Crippen MR) is 34.5 cm³/mol. The van der Waals surface area contributed by atoms with Gasteiger partial charge in [0.25, 0.3) is 0 Å². The molecule has 0 fully saturated rings. The van der Waals surface area contributed by atoms with Crippen LogP contribution >= 0.6 is 11.6 Å². The Hall–Kier alpha value is -1.10. The number of carbonyl (C=O) groups excluding carboxylic acids is 1. The van der Waals surface area contributed by atoms with Crippen LogP contribution in [0.2, 0.25) is 0 Å². The van der Waals surface area contributed by atoms with Gasteiger partial charge in [-0.05, 0) is 0 Å². The van der Waals surface area contributed by atoms with Crippen LogP contribution in [0.5, 0.6) is 0 Å². The summed E-state index contributed by atoms with van der Waals surface area (Å²) >= 11 is 5.11. The molecule has 11 heavy (non-hydrogen) atoms. The molecule has 0 radical (unpaired) electrons. The third kappa shape index (κ3) is 2.55. The second-order valence-corrected chi connectivity index (χ2v) is 2.53. The van der Waals surface area contributed by atoms with E-state index in [1.807, 2.05) is 0 Å². The largest absolute Gasteiger partial charge is 0.481 e. The number of hydrogen-bond acceptors (Lipinski definition) is 3. The third-order valence-electron chi connectivity index (χ3n) is 0.951. The molecule has 0 heterocycles. The van der Waals surface area contributed by atoms with E-state index in [1.54, 1.807) is 0 Å². The van der Waals surface area contributed by atoms with E-state index in [4.69, 9.17) is 21.8 Å². The first kappa shape index (κ1) is 9.90. The number of alkyl halides is 1. The highest BCUT2D eigenvalue weighted by Crippen LogP contribution is 2.16. The Balaban J connectivity index is 4.47. The lowest BCUT2D eigenvalue weighted by Gasteiger charge is -2.10. The lowest BCUT2D eigenvalue weighted by atomic mass is 10.1. The Morgan fingerprint density at radius 1 is 1.45 bits per heavy atom. The Morgan fingerprint density at radius 3 is 2.00 bits per heavy atom. The predicted octanol–water partition coefficient (Wildman–Crippen LogP) is -0.278. The van der Waals surface area contributed by atoms with E-state index in [-0.39, 0.29) is 6.29 Å². The molecule has 62 valence electrons. The summed E-state index contributed by atoms with van der Waals surface area (Å²) < 4.78 is 0. The van der Waals surface area contributed by atoms with Gasteiger partial charge in [0.15, 0.2) is 6.29 Å². The molecule has 0 aromatic heterocycles. The van der Waals surface area contributed by atoms with E-state index in [1.165, 1.54) is 0 Å². The fourth-order valence-corrected chi connectivity index (χ4v) is 0.502. The van der Waals surface area contributed by atoms with Crippen LogP contribution < -0.4 is 0 Å². The van der Waals surface area contributed by atoms with Gasteiger partial charge < -0.3 is 15.0 Å². The second-order valence-electron chi connectivity index (χ2n) is 1.86. The summed E-state index contributed by atoms with van der Waals surface area (Å²) in [7, 11) is 0. The molecular formula is C5H5ClO5. The molecule has 0 aliphatic heterocycles. The normalized spacial score (nSPS) is 15.0. The zero-order chi connectivity index (χ0) is 9.07. The summed E-state index contributed by atoms with van der Waals surface area (Å²) in [6, 6.07) is 0. The zero-order valence-corrected chi connectivity index (χ0v) is 6.04. The average Bonchev–Trinajstić information content (AvgIpc) is 1.86. The van der Waals surface area contributed by atoms with E-state index >= 15 is 0 Å². The highest BCUT2D eigenvalue weighted by Gasteiger charge is 2.38. The first-order valence-corrected chi connectivity index (χ1v) is 2.90. The average molecular weight is 181 g/mol. The molecule has 0 saturated carbocycles. The minimum Gasteiger partial charge on any atom is -0.481 e. The van der Waals surface area contributed by atoms with Crippen molar-refractivity contribution in [3.8, 4) is 0 Å². The number of hydrogen-bond donors (Lipinski definition) is 2. The van der Waals surface area contributed by atoms with Gasteiger partial charge in [-0.15, -0.1) is 0 Å². The van der Waals surface area contributed by atoms with Gasteiger partial charge in [-0.3, -0.25) is 4.79 Å². The molecule has 0 bridgehead atoms. The van der Waals surface area contributed by atoms with Crippen molar-refractivity contribution in [3.63, 3.8) is 0 Å². The molecule has 2 N–H and O–H groups in total. The van der Waals surface area contributed by atoms with E-state index in [0.29, 0.717) is 0 Å². The Bertz CT molecular complexity index is 201. The quantitative estimate of drug-likeness (QED) is 0.353. The summed E-state index contributed by atoms with van der Waals surface area (Å²) in [5.41, 5.74) is 0. The highest BCUT2D eigenvalue weighted by molar-refractivity contribution is 6.43. The number of rotatable bonds is 4. The van der Waals surface area contributed by atoms with Crippen molar-refractivity contribution in [3.05, 3.63) is 0 Å². The number of aliphatic carboxylic acids is 2. The molecule has 6 heteroatoms. The van der Waals surface area contributed by atoms with Gasteiger partial charge in [0.2, 0.25) is 4.87 Å². The standard InChI is InChI=1S/C5H5ClO5/c6-5(2-7,4(10)11)1-3(8)9/h2H,1H2,(H,8,9)(H,10,11).